The van der Waals surface area contributed by atoms with Crippen LogP contribution in [0, 0.1) is 5.92 Å². The molecule has 2 aromatic rings. The van der Waals surface area contributed by atoms with E-state index in [-0.39, 0.29) is 11.7 Å². The molecule has 2 N–H and O–H groups in total. The summed E-state index contributed by atoms with van der Waals surface area (Å²) in [5, 5.41) is 17.6. The SMILES string of the molecule is CC1CCC2(CC1)NC(=O)N(NC(=O)CSc1nnnn1Cc1cccs1)C2=O. The zero-order chi connectivity index (χ0) is 20.4. The number of carbonyl (C=O) groups is 3. The largest absolute Gasteiger partial charge is 0.344 e. The third-order valence-electron chi connectivity index (χ3n) is 5.24. The number of imide groups is 1. The van der Waals surface area contributed by atoms with Gasteiger partial charge in [0.2, 0.25) is 11.1 Å². The normalized spacial score (nSPS) is 24.2. The number of tetrazole rings is 1. The summed E-state index contributed by atoms with van der Waals surface area (Å²) in [5.41, 5.74) is 1.54. The molecule has 2 aromatic heterocycles. The molecule has 0 radical (unpaired) electrons. The molecule has 4 amide bonds. The van der Waals surface area contributed by atoms with Crippen molar-refractivity contribution in [3.63, 3.8) is 0 Å². The van der Waals surface area contributed by atoms with E-state index >= 15 is 0 Å². The second-order valence-electron chi connectivity index (χ2n) is 7.36. The Bertz CT molecular complexity index is 906. The maximum Gasteiger partial charge on any atom is 0.344 e. The van der Waals surface area contributed by atoms with Crippen molar-refractivity contribution in [3.8, 4) is 0 Å². The number of hydrogen-bond acceptors (Lipinski definition) is 8. The van der Waals surface area contributed by atoms with Gasteiger partial charge in [-0.25, -0.2) is 9.48 Å². The first-order valence-corrected chi connectivity index (χ1v) is 11.2. The molecule has 10 nitrogen and oxygen atoms in total. The van der Waals surface area contributed by atoms with Crippen LogP contribution in [-0.2, 0) is 16.1 Å². The predicted octanol–water partition coefficient (Wildman–Crippen LogP) is 1.41. The van der Waals surface area contributed by atoms with Gasteiger partial charge in [0.05, 0.1) is 12.3 Å². The predicted molar refractivity (Wildman–Crippen MR) is 106 cm³/mol. The van der Waals surface area contributed by atoms with Crippen molar-refractivity contribution in [3.05, 3.63) is 22.4 Å². The number of amides is 4. The number of hydrogen-bond donors (Lipinski definition) is 2. The van der Waals surface area contributed by atoms with Gasteiger partial charge in [0.25, 0.3) is 5.91 Å². The standard InChI is InChI=1S/C17H21N7O3S2/c1-11-4-6-17(7-5-11)14(26)24(15(27)18-17)20-13(25)10-29-16-19-21-22-23(16)9-12-3-2-8-28-12/h2-3,8,11H,4-7,9-10H2,1H3,(H,18,27)(H,20,25). The van der Waals surface area contributed by atoms with E-state index in [1.165, 1.54) is 0 Å². The first-order valence-electron chi connectivity index (χ1n) is 9.34. The molecule has 4 rings (SSSR count). The van der Waals surface area contributed by atoms with Gasteiger partial charge < -0.3 is 5.32 Å². The highest BCUT2D eigenvalue weighted by molar-refractivity contribution is 7.99. The number of rotatable bonds is 6. The van der Waals surface area contributed by atoms with Gasteiger partial charge >= 0.3 is 6.03 Å². The molecule has 1 aliphatic heterocycles. The highest BCUT2D eigenvalue weighted by Gasteiger charge is 2.52. The van der Waals surface area contributed by atoms with Crippen molar-refractivity contribution in [1.82, 2.24) is 36.0 Å². The Hall–Kier alpha value is -2.47. The molecular weight excluding hydrogens is 414 g/mol. The fraction of sp³-hybridized carbons (Fsp3) is 0.529. The molecule has 2 aliphatic rings. The lowest BCUT2D eigenvalue weighted by atomic mass is 9.77. The molecule has 29 heavy (non-hydrogen) atoms. The summed E-state index contributed by atoms with van der Waals surface area (Å²) < 4.78 is 1.61. The quantitative estimate of drug-likeness (QED) is 0.519. The first-order chi connectivity index (χ1) is 14.0. The Morgan fingerprint density at radius 1 is 1.41 bits per heavy atom. The Labute approximate surface area is 175 Å². The topological polar surface area (TPSA) is 122 Å². The average Bonchev–Trinajstić information content (AvgIpc) is 3.42. The summed E-state index contributed by atoms with van der Waals surface area (Å²) in [6, 6.07) is 3.35. The van der Waals surface area contributed by atoms with Crippen molar-refractivity contribution < 1.29 is 14.4 Å². The van der Waals surface area contributed by atoms with E-state index < -0.39 is 17.5 Å². The van der Waals surface area contributed by atoms with E-state index in [9.17, 15) is 14.4 Å². The van der Waals surface area contributed by atoms with E-state index in [1.54, 1.807) is 16.0 Å². The summed E-state index contributed by atoms with van der Waals surface area (Å²) in [7, 11) is 0. The van der Waals surface area contributed by atoms with Crippen molar-refractivity contribution in [2.75, 3.05) is 5.75 Å². The Balaban J connectivity index is 1.33. The maximum atomic E-state index is 12.8. The van der Waals surface area contributed by atoms with Gasteiger partial charge in [-0.05, 0) is 53.5 Å². The molecule has 1 spiro atoms. The minimum atomic E-state index is -0.880. The summed E-state index contributed by atoms with van der Waals surface area (Å²) >= 11 is 2.74. The van der Waals surface area contributed by atoms with Crippen LogP contribution in [0.15, 0.2) is 22.7 Å². The number of nitrogens with one attached hydrogen (secondary N) is 2. The van der Waals surface area contributed by atoms with Gasteiger partial charge in [-0.15, -0.1) is 16.4 Å². The van der Waals surface area contributed by atoms with Crippen LogP contribution < -0.4 is 10.7 Å². The van der Waals surface area contributed by atoms with Gasteiger partial charge in [0.1, 0.15) is 5.54 Å². The lowest BCUT2D eigenvalue weighted by Gasteiger charge is -2.33. The van der Waals surface area contributed by atoms with Crippen molar-refractivity contribution in [2.45, 2.75) is 49.8 Å². The maximum absolute atomic E-state index is 12.8. The van der Waals surface area contributed by atoms with Crippen LogP contribution in [-0.4, -0.2) is 54.4 Å². The van der Waals surface area contributed by atoms with Gasteiger partial charge in [0.15, 0.2) is 0 Å². The van der Waals surface area contributed by atoms with E-state index in [2.05, 4.69) is 33.2 Å². The molecule has 154 valence electrons. The third kappa shape index (κ3) is 4.13. The van der Waals surface area contributed by atoms with Gasteiger partial charge in [-0.3, -0.25) is 15.0 Å². The molecule has 2 fully saturated rings. The number of thioether (sulfide) groups is 1. The van der Waals surface area contributed by atoms with Gasteiger partial charge in [0, 0.05) is 4.88 Å². The molecule has 1 saturated carbocycles. The lowest BCUT2D eigenvalue weighted by Crippen LogP contribution is -2.51. The van der Waals surface area contributed by atoms with Crippen LogP contribution in [0.25, 0.3) is 0 Å². The summed E-state index contributed by atoms with van der Waals surface area (Å²) in [6.45, 7) is 2.65. The molecule has 0 bridgehead atoms. The average molecular weight is 436 g/mol. The Morgan fingerprint density at radius 3 is 2.93 bits per heavy atom. The van der Waals surface area contributed by atoms with E-state index in [0.717, 1.165) is 34.5 Å². The van der Waals surface area contributed by atoms with Crippen LogP contribution in [0.2, 0.25) is 0 Å². The monoisotopic (exact) mass is 435 g/mol. The minimum Gasteiger partial charge on any atom is -0.322 e. The molecule has 1 saturated heterocycles. The van der Waals surface area contributed by atoms with Gasteiger partial charge in [-0.1, -0.05) is 24.8 Å². The van der Waals surface area contributed by atoms with Crippen LogP contribution in [0.4, 0.5) is 4.79 Å². The molecule has 1 aliphatic carbocycles. The van der Waals surface area contributed by atoms with Crippen molar-refractivity contribution >= 4 is 40.9 Å². The molecular formula is C17H21N7O3S2. The van der Waals surface area contributed by atoms with Crippen LogP contribution in [0.5, 0.6) is 0 Å². The minimum absolute atomic E-state index is 0.0219. The number of thiophene rings is 1. The Kier molecular flexibility index (Phi) is 5.54. The lowest BCUT2D eigenvalue weighted by molar-refractivity contribution is -0.139. The van der Waals surface area contributed by atoms with E-state index in [1.807, 2.05) is 17.5 Å². The summed E-state index contributed by atoms with van der Waals surface area (Å²) in [4.78, 5) is 38.5. The van der Waals surface area contributed by atoms with Crippen molar-refractivity contribution in [1.29, 1.82) is 0 Å². The zero-order valence-electron chi connectivity index (χ0n) is 15.8. The third-order valence-corrected chi connectivity index (χ3v) is 7.06. The molecule has 3 heterocycles. The van der Waals surface area contributed by atoms with Crippen LogP contribution >= 0.6 is 23.1 Å². The van der Waals surface area contributed by atoms with E-state index in [0.29, 0.717) is 30.5 Å². The number of carbonyl (C=O) groups excluding carboxylic acids is 3. The van der Waals surface area contributed by atoms with Crippen molar-refractivity contribution in [2.24, 2.45) is 5.92 Å². The second-order valence-corrected chi connectivity index (χ2v) is 9.33. The highest BCUT2D eigenvalue weighted by atomic mass is 32.2. The highest BCUT2D eigenvalue weighted by Crippen LogP contribution is 2.35. The first kappa shape index (κ1) is 19.8. The number of nitrogens with zero attached hydrogens (tertiary/aromatic N) is 5. The molecule has 0 aromatic carbocycles. The van der Waals surface area contributed by atoms with Crippen LogP contribution in [0.1, 0.15) is 37.5 Å². The fourth-order valence-corrected chi connectivity index (χ4v) is 4.91. The fourth-order valence-electron chi connectivity index (χ4n) is 3.55. The molecule has 0 atom stereocenters. The smallest absolute Gasteiger partial charge is 0.322 e. The zero-order valence-corrected chi connectivity index (χ0v) is 17.5. The summed E-state index contributed by atoms with van der Waals surface area (Å²) in [5.74, 6) is -0.336. The molecule has 0 unspecified atom stereocenters. The van der Waals surface area contributed by atoms with E-state index in [4.69, 9.17) is 0 Å². The number of urea groups is 1. The number of aromatic nitrogens is 4. The molecule has 12 heteroatoms. The van der Waals surface area contributed by atoms with Crippen LogP contribution in [0.3, 0.4) is 0 Å². The second kappa shape index (κ2) is 8.11. The summed E-state index contributed by atoms with van der Waals surface area (Å²) in [6.07, 6.45) is 2.93. The number of hydrazine groups is 1. The Morgan fingerprint density at radius 2 is 2.21 bits per heavy atom. The van der Waals surface area contributed by atoms with Gasteiger partial charge in [-0.2, -0.15) is 5.01 Å².